The fraction of sp³-hybridized carbons (Fsp3) is 0.385. The third-order valence-electron chi connectivity index (χ3n) is 3.76. The molecule has 3 amide bonds. The molecule has 1 aromatic carbocycles. The minimum absolute atomic E-state index is 0.122. The number of hydroxylamine groups is 2. The molecule has 0 saturated carbocycles. The van der Waals surface area contributed by atoms with E-state index in [-0.39, 0.29) is 19.8 Å². The molecule has 112 valence electrons. The molecular weight excluding hydrogens is 278 g/mol. The molecule has 0 radical (unpaired) electrons. The summed E-state index contributed by atoms with van der Waals surface area (Å²) in [6.45, 7) is 0.207. The molecule has 3 rings (SSSR count). The molecule has 0 unspecified atom stereocenters. The van der Waals surface area contributed by atoms with Crippen LogP contribution in [0, 0.1) is 0 Å². The lowest BCUT2D eigenvalue weighted by Gasteiger charge is -2.30. The third kappa shape index (κ3) is 1.99. The topological polar surface area (TPSA) is 116 Å². The van der Waals surface area contributed by atoms with Gasteiger partial charge in [-0.25, -0.2) is 4.79 Å². The van der Waals surface area contributed by atoms with Crippen LogP contribution >= 0.6 is 0 Å². The van der Waals surface area contributed by atoms with Crippen molar-refractivity contribution in [3.05, 3.63) is 29.3 Å². The zero-order valence-corrected chi connectivity index (χ0v) is 11.1. The molecule has 0 spiro atoms. The van der Waals surface area contributed by atoms with Crippen LogP contribution in [0.3, 0.4) is 0 Å². The first kappa shape index (κ1) is 13.7. The average molecular weight is 293 g/mol. The standard InChI is InChI=1S/C13H15N3O5/c14-12(18)11-8-2-1-7(21-4-3-17)5-9(8)10-6-15(11)13(19)16(10)20/h1-2,5,10-11,17,20H,3-4,6H2,(H2,14,18)/t10-,11+/m0/s1. The second kappa shape index (κ2) is 4.90. The van der Waals surface area contributed by atoms with Crippen LogP contribution in [0.1, 0.15) is 23.2 Å². The predicted octanol–water partition coefficient (Wildman–Crippen LogP) is -0.234. The lowest BCUT2D eigenvalue weighted by Crippen LogP contribution is -2.41. The number of rotatable bonds is 4. The summed E-state index contributed by atoms with van der Waals surface area (Å²) in [6.07, 6.45) is 0. The molecular formula is C13H15N3O5. The fourth-order valence-electron chi connectivity index (χ4n) is 2.87. The molecule has 4 N–H and O–H groups in total. The highest BCUT2D eigenvalue weighted by molar-refractivity contribution is 5.90. The zero-order chi connectivity index (χ0) is 15.1. The number of benzene rings is 1. The van der Waals surface area contributed by atoms with Crippen molar-refractivity contribution in [1.29, 1.82) is 0 Å². The van der Waals surface area contributed by atoms with Gasteiger partial charge in [-0.15, -0.1) is 0 Å². The van der Waals surface area contributed by atoms with Crippen LogP contribution in [-0.2, 0) is 4.79 Å². The first-order chi connectivity index (χ1) is 10.0. The second-order valence-electron chi connectivity index (χ2n) is 4.96. The lowest BCUT2D eigenvalue weighted by atomic mass is 9.90. The van der Waals surface area contributed by atoms with Gasteiger partial charge in [-0.1, -0.05) is 6.07 Å². The van der Waals surface area contributed by atoms with Crippen molar-refractivity contribution < 1.29 is 24.6 Å². The number of hydrogen-bond donors (Lipinski definition) is 3. The van der Waals surface area contributed by atoms with Gasteiger partial charge in [0.15, 0.2) is 0 Å². The van der Waals surface area contributed by atoms with Crippen molar-refractivity contribution in [3.63, 3.8) is 0 Å². The van der Waals surface area contributed by atoms with Gasteiger partial charge in [-0.3, -0.25) is 10.0 Å². The molecule has 2 aliphatic rings. The van der Waals surface area contributed by atoms with Crippen molar-refractivity contribution >= 4 is 11.9 Å². The molecule has 0 aliphatic carbocycles. The van der Waals surface area contributed by atoms with E-state index in [0.717, 1.165) is 0 Å². The Kier molecular flexibility index (Phi) is 3.19. The number of urea groups is 1. The number of aliphatic hydroxyl groups excluding tert-OH is 1. The summed E-state index contributed by atoms with van der Waals surface area (Å²) in [5.74, 6) is -0.158. The molecule has 21 heavy (non-hydrogen) atoms. The molecule has 2 aliphatic heterocycles. The number of amides is 3. The Labute approximate surface area is 120 Å². The van der Waals surface area contributed by atoms with E-state index in [1.165, 1.54) is 4.90 Å². The van der Waals surface area contributed by atoms with Crippen molar-refractivity contribution in [2.45, 2.75) is 12.1 Å². The first-order valence-electron chi connectivity index (χ1n) is 6.50. The number of ether oxygens (including phenoxy) is 1. The number of carbonyl (C=O) groups is 2. The molecule has 8 heteroatoms. The average Bonchev–Trinajstić information content (AvgIpc) is 2.72. The highest BCUT2D eigenvalue weighted by Crippen LogP contribution is 2.43. The van der Waals surface area contributed by atoms with Gasteiger partial charge in [0.2, 0.25) is 5.91 Å². The Morgan fingerprint density at radius 1 is 1.43 bits per heavy atom. The molecule has 8 nitrogen and oxygen atoms in total. The number of nitrogens with zero attached hydrogens (tertiary/aromatic N) is 2. The van der Waals surface area contributed by atoms with Crippen molar-refractivity contribution in [2.24, 2.45) is 5.73 Å². The van der Waals surface area contributed by atoms with Gasteiger partial charge < -0.3 is 20.5 Å². The number of aliphatic hydroxyl groups is 1. The van der Waals surface area contributed by atoms with Crippen molar-refractivity contribution in [1.82, 2.24) is 9.96 Å². The van der Waals surface area contributed by atoms with Crippen LogP contribution in [0.25, 0.3) is 0 Å². The van der Waals surface area contributed by atoms with Crippen LogP contribution < -0.4 is 10.5 Å². The quantitative estimate of drug-likeness (QED) is 0.663. The molecule has 0 aromatic heterocycles. The number of fused-ring (bicyclic) bond motifs is 4. The summed E-state index contributed by atoms with van der Waals surface area (Å²) in [5.41, 5.74) is 6.60. The van der Waals surface area contributed by atoms with Crippen LogP contribution in [0.5, 0.6) is 5.75 Å². The van der Waals surface area contributed by atoms with Crippen LogP contribution in [-0.4, -0.2) is 52.0 Å². The maximum Gasteiger partial charge on any atom is 0.345 e. The van der Waals surface area contributed by atoms with E-state index >= 15 is 0 Å². The third-order valence-corrected chi connectivity index (χ3v) is 3.76. The summed E-state index contributed by atoms with van der Waals surface area (Å²) in [7, 11) is 0. The number of carbonyl (C=O) groups excluding carboxylic acids is 2. The molecule has 2 heterocycles. The van der Waals surface area contributed by atoms with Gasteiger partial charge in [0.1, 0.15) is 24.4 Å². The van der Waals surface area contributed by atoms with E-state index < -0.39 is 24.0 Å². The SMILES string of the molecule is NC(=O)[C@H]1c2ccc(OCCO)cc2[C@@H]2CN1C(=O)N2O. The maximum atomic E-state index is 12.0. The Hall–Kier alpha value is -2.32. The summed E-state index contributed by atoms with van der Waals surface area (Å²) < 4.78 is 5.32. The Balaban J connectivity index is 2.05. The van der Waals surface area contributed by atoms with Crippen LogP contribution in [0.15, 0.2) is 18.2 Å². The normalized spacial score (nSPS) is 23.2. The highest BCUT2D eigenvalue weighted by Gasteiger charge is 2.49. The van der Waals surface area contributed by atoms with E-state index in [1.807, 2.05) is 0 Å². The van der Waals surface area contributed by atoms with E-state index in [9.17, 15) is 14.8 Å². The van der Waals surface area contributed by atoms with Crippen LogP contribution in [0.2, 0.25) is 0 Å². The molecule has 2 atom stereocenters. The minimum Gasteiger partial charge on any atom is -0.491 e. The lowest BCUT2D eigenvalue weighted by molar-refractivity contribution is -0.122. The zero-order valence-electron chi connectivity index (χ0n) is 11.1. The summed E-state index contributed by atoms with van der Waals surface area (Å²) >= 11 is 0. The molecule has 1 aromatic rings. The Morgan fingerprint density at radius 3 is 2.86 bits per heavy atom. The Morgan fingerprint density at radius 2 is 2.19 bits per heavy atom. The van der Waals surface area contributed by atoms with Gasteiger partial charge >= 0.3 is 6.03 Å². The maximum absolute atomic E-state index is 12.0. The number of nitrogens with two attached hydrogens (primary N) is 1. The van der Waals surface area contributed by atoms with E-state index in [2.05, 4.69) is 0 Å². The smallest absolute Gasteiger partial charge is 0.345 e. The minimum atomic E-state index is -0.896. The van der Waals surface area contributed by atoms with Crippen molar-refractivity contribution in [3.8, 4) is 5.75 Å². The van der Waals surface area contributed by atoms with Gasteiger partial charge in [0.05, 0.1) is 13.2 Å². The summed E-state index contributed by atoms with van der Waals surface area (Å²) in [6, 6.07) is 2.86. The van der Waals surface area contributed by atoms with Gasteiger partial charge in [-0.05, 0) is 23.3 Å². The fourth-order valence-corrected chi connectivity index (χ4v) is 2.87. The molecule has 1 saturated heterocycles. The van der Waals surface area contributed by atoms with Crippen molar-refractivity contribution in [2.75, 3.05) is 19.8 Å². The number of primary amides is 1. The van der Waals surface area contributed by atoms with E-state index in [4.69, 9.17) is 15.6 Å². The summed E-state index contributed by atoms with van der Waals surface area (Å²) in [4.78, 5) is 24.9. The largest absolute Gasteiger partial charge is 0.491 e. The highest BCUT2D eigenvalue weighted by atomic mass is 16.5. The first-order valence-corrected chi connectivity index (χ1v) is 6.50. The molecule has 2 bridgehead atoms. The van der Waals surface area contributed by atoms with Crippen LogP contribution in [0.4, 0.5) is 4.79 Å². The monoisotopic (exact) mass is 293 g/mol. The predicted molar refractivity (Wildman–Crippen MR) is 69.4 cm³/mol. The van der Waals surface area contributed by atoms with E-state index in [0.29, 0.717) is 21.9 Å². The molecule has 1 fully saturated rings. The van der Waals surface area contributed by atoms with E-state index in [1.54, 1.807) is 18.2 Å². The van der Waals surface area contributed by atoms with Gasteiger partial charge in [0, 0.05) is 0 Å². The summed E-state index contributed by atoms with van der Waals surface area (Å²) in [5, 5.41) is 19.3. The van der Waals surface area contributed by atoms with Gasteiger partial charge in [-0.2, -0.15) is 5.06 Å². The van der Waals surface area contributed by atoms with Gasteiger partial charge in [0.25, 0.3) is 0 Å². The Bertz CT molecular complexity index is 605. The second-order valence-corrected chi connectivity index (χ2v) is 4.96. The number of hydrogen-bond acceptors (Lipinski definition) is 5.